The molecular weight excluding hydrogens is 516 g/mol. The molecule has 3 aromatic rings. The Hall–Kier alpha value is -2.68. The van der Waals surface area contributed by atoms with Crippen molar-refractivity contribution in [1.29, 1.82) is 0 Å². The van der Waals surface area contributed by atoms with E-state index in [1.165, 1.54) is 10.4 Å². The summed E-state index contributed by atoms with van der Waals surface area (Å²) in [5.74, 6) is 0.259. The summed E-state index contributed by atoms with van der Waals surface area (Å²) in [6, 6.07) is 21.4. The first-order valence-corrected chi connectivity index (χ1v) is 13.3. The fourth-order valence-corrected chi connectivity index (χ4v) is 5.28. The highest BCUT2D eigenvalue weighted by atomic mass is 79.9. The van der Waals surface area contributed by atoms with Crippen molar-refractivity contribution in [3.05, 3.63) is 94.0 Å². The van der Waals surface area contributed by atoms with Gasteiger partial charge < -0.3 is 10.1 Å². The minimum atomic E-state index is -3.94. The van der Waals surface area contributed by atoms with Gasteiger partial charge in [0.1, 0.15) is 5.75 Å². The Morgan fingerprint density at radius 2 is 1.74 bits per heavy atom. The molecule has 0 saturated carbocycles. The van der Waals surface area contributed by atoms with E-state index in [-0.39, 0.29) is 29.9 Å². The van der Waals surface area contributed by atoms with Gasteiger partial charge in [-0.05, 0) is 67.8 Å². The normalized spacial score (nSPS) is 12.4. The molecule has 0 spiro atoms. The van der Waals surface area contributed by atoms with E-state index in [4.69, 9.17) is 4.74 Å². The summed E-state index contributed by atoms with van der Waals surface area (Å²) in [7, 11) is -3.94. The second kappa shape index (κ2) is 11.6. The summed E-state index contributed by atoms with van der Waals surface area (Å²) in [6.07, 6.45) is 0. The number of hydrogen-bond acceptors (Lipinski definition) is 4. The zero-order valence-corrected chi connectivity index (χ0v) is 21.9. The Bertz CT molecular complexity index is 1220. The first-order chi connectivity index (χ1) is 16.2. The number of amides is 1. The second-order valence-corrected chi connectivity index (χ2v) is 10.8. The third kappa shape index (κ3) is 6.68. The summed E-state index contributed by atoms with van der Waals surface area (Å²) in [4.78, 5) is 13.1. The van der Waals surface area contributed by atoms with Crippen LogP contribution in [0.15, 0.2) is 82.2 Å². The highest BCUT2D eigenvalue weighted by Gasteiger charge is 2.28. The average Bonchev–Trinajstić information content (AvgIpc) is 2.81. The number of sulfonamides is 1. The van der Waals surface area contributed by atoms with Crippen molar-refractivity contribution < 1.29 is 17.9 Å². The molecule has 1 amide bonds. The smallest absolute Gasteiger partial charge is 0.243 e. The molecule has 0 radical (unpaired) electrons. The quantitative estimate of drug-likeness (QED) is 0.379. The number of nitrogens with zero attached hydrogens (tertiary/aromatic N) is 1. The molecule has 0 aliphatic carbocycles. The van der Waals surface area contributed by atoms with Gasteiger partial charge in [0.2, 0.25) is 15.9 Å². The van der Waals surface area contributed by atoms with Gasteiger partial charge in [-0.15, -0.1) is 0 Å². The number of nitrogens with one attached hydrogen (secondary N) is 1. The number of benzene rings is 3. The van der Waals surface area contributed by atoms with Gasteiger partial charge in [-0.3, -0.25) is 4.79 Å². The summed E-state index contributed by atoms with van der Waals surface area (Å²) in [5.41, 5.74) is 2.44. The minimum Gasteiger partial charge on any atom is -0.494 e. The maximum Gasteiger partial charge on any atom is 0.243 e. The standard InChI is InChI=1S/C26H29BrN2O4S/c1-4-33-25-15-14-24(16-19(25)2)34(31,32)29(17-21-8-6-5-7-9-21)18-26(30)28-20(3)22-10-12-23(27)13-11-22/h5-16,20H,4,17-18H2,1-3H3,(H,28,30). The third-order valence-corrected chi connectivity index (χ3v) is 7.67. The predicted molar refractivity (Wildman–Crippen MR) is 137 cm³/mol. The zero-order chi connectivity index (χ0) is 24.7. The molecule has 1 unspecified atom stereocenters. The summed E-state index contributed by atoms with van der Waals surface area (Å²) < 4.78 is 34.9. The van der Waals surface area contributed by atoms with Crippen LogP contribution in [0.5, 0.6) is 5.75 Å². The van der Waals surface area contributed by atoms with Crippen molar-refractivity contribution in [2.75, 3.05) is 13.2 Å². The van der Waals surface area contributed by atoms with Gasteiger partial charge in [0.05, 0.1) is 24.1 Å². The molecule has 0 aliphatic heterocycles. The van der Waals surface area contributed by atoms with E-state index >= 15 is 0 Å². The Kier molecular flexibility index (Phi) is 8.88. The Morgan fingerprint density at radius 1 is 1.06 bits per heavy atom. The maximum absolute atomic E-state index is 13.6. The summed E-state index contributed by atoms with van der Waals surface area (Å²) >= 11 is 3.40. The Morgan fingerprint density at radius 3 is 2.35 bits per heavy atom. The Balaban J connectivity index is 1.85. The molecule has 8 heteroatoms. The molecule has 3 aromatic carbocycles. The lowest BCUT2D eigenvalue weighted by Crippen LogP contribution is -2.41. The van der Waals surface area contributed by atoms with Crippen molar-refractivity contribution in [2.24, 2.45) is 0 Å². The van der Waals surface area contributed by atoms with Crippen LogP contribution in [0.4, 0.5) is 0 Å². The number of aryl methyl sites for hydroxylation is 1. The fourth-order valence-electron chi connectivity index (χ4n) is 3.54. The Labute approximate surface area is 210 Å². The molecule has 0 aromatic heterocycles. The molecule has 0 fully saturated rings. The molecule has 0 bridgehead atoms. The van der Waals surface area contributed by atoms with Gasteiger partial charge in [-0.2, -0.15) is 4.31 Å². The SMILES string of the molecule is CCOc1ccc(S(=O)(=O)N(CC(=O)NC(C)c2ccc(Br)cc2)Cc2ccccc2)cc1C. The van der Waals surface area contributed by atoms with E-state index in [0.717, 1.165) is 21.2 Å². The van der Waals surface area contributed by atoms with Crippen molar-refractivity contribution in [1.82, 2.24) is 9.62 Å². The van der Waals surface area contributed by atoms with Crippen LogP contribution in [-0.4, -0.2) is 31.8 Å². The zero-order valence-electron chi connectivity index (χ0n) is 19.5. The molecule has 3 rings (SSSR count). The van der Waals surface area contributed by atoms with Crippen LogP contribution >= 0.6 is 15.9 Å². The van der Waals surface area contributed by atoms with Gasteiger partial charge in [0.25, 0.3) is 0 Å². The van der Waals surface area contributed by atoms with E-state index in [2.05, 4.69) is 21.2 Å². The largest absolute Gasteiger partial charge is 0.494 e. The van der Waals surface area contributed by atoms with Crippen LogP contribution in [0, 0.1) is 6.92 Å². The molecule has 0 saturated heterocycles. The van der Waals surface area contributed by atoms with Crippen LogP contribution in [0.3, 0.4) is 0 Å². The lowest BCUT2D eigenvalue weighted by molar-refractivity contribution is -0.122. The van der Waals surface area contributed by atoms with Crippen LogP contribution < -0.4 is 10.1 Å². The van der Waals surface area contributed by atoms with Crippen LogP contribution in [0.2, 0.25) is 0 Å². The second-order valence-electron chi connectivity index (χ2n) is 7.96. The topological polar surface area (TPSA) is 75.7 Å². The lowest BCUT2D eigenvalue weighted by atomic mass is 10.1. The molecule has 6 nitrogen and oxygen atoms in total. The lowest BCUT2D eigenvalue weighted by Gasteiger charge is -2.24. The van der Waals surface area contributed by atoms with Crippen molar-refractivity contribution in [2.45, 2.75) is 38.3 Å². The van der Waals surface area contributed by atoms with Crippen LogP contribution in [-0.2, 0) is 21.4 Å². The van der Waals surface area contributed by atoms with E-state index in [9.17, 15) is 13.2 Å². The molecule has 0 aliphatic rings. The monoisotopic (exact) mass is 544 g/mol. The fraction of sp³-hybridized carbons (Fsp3) is 0.269. The first kappa shape index (κ1) is 25.9. The highest BCUT2D eigenvalue weighted by Crippen LogP contribution is 2.25. The summed E-state index contributed by atoms with van der Waals surface area (Å²) in [6.45, 7) is 5.81. The average molecular weight is 545 g/mol. The maximum atomic E-state index is 13.6. The molecular formula is C26H29BrN2O4S. The predicted octanol–water partition coefficient (Wildman–Crippen LogP) is 5.22. The third-order valence-electron chi connectivity index (χ3n) is 5.35. The van der Waals surface area contributed by atoms with Gasteiger partial charge in [0, 0.05) is 11.0 Å². The number of hydrogen-bond donors (Lipinski definition) is 1. The molecule has 1 N–H and O–H groups in total. The summed E-state index contributed by atoms with van der Waals surface area (Å²) in [5, 5.41) is 2.91. The minimum absolute atomic E-state index is 0.0789. The van der Waals surface area contributed by atoms with Gasteiger partial charge in [-0.1, -0.05) is 58.4 Å². The molecule has 0 heterocycles. The highest BCUT2D eigenvalue weighted by molar-refractivity contribution is 9.10. The van der Waals surface area contributed by atoms with Gasteiger partial charge in [0.15, 0.2) is 0 Å². The van der Waals surface area contributed by atoms with Gasteiger partial charge >= 0.3 is 0 Å². The first-order valence-electron chi connectivity index (χ1n) is 11.0. The van der Waals surface area contributed by atoms with Crippen LogP contribution in [0.1, 0.15) is 36.6 Å². The van der Waals surface area contributed by atoms with E-state index in [0.29, 0.717) is 12.4 Å². The number of carbonyl (C=O) groups excluding carboxylic acids is 1. The molecule has 34 heavy (non-hydrogen) atoms. The number of carbonyl (C=O) groups is 1. The van der Waals surface area contributed by atoms with Crippen LogP contribution in [0.25, 0.3) is 0 Å². The van der Waals surface area contributed by atoms with Gasteiger partial charge in [-0.25, -0.2) is 8.42 Å². The van der Waals surface area contributed by atoms with E-state index < -0.39 is 10.0 Å². The van der Waals surface area contributed by atoms with Crippen molar-refractivity contribution in [3.63, 3.8) is 0 Å². The van der Waals surface area contributed by atoms with Crippen molar-refractivity contribution >= 4 is 31.9 Å². The number of halogens is 1. The van der Waals surface area contributed by atoms with E-state index in [1.807, 2.05) is 68.4 Å². The van der Waals surface area contributed by atoms with E-state index in [1.54, 1.807) is 19.1 Å². The number of rotatable bonds is 10. The number of ether oxygens (including phenoxy) is 1. The molecule has 180 valence electrons. The van der Waals surface area contributed by atoms with Crippen molar-refractivity contribution in [3.8, 4) is 5.75 Å². The molecule has 1 atom stereocenters.